The van der Waals surface area contributed by atoms with Crippen LogP contribution >= 0.6 is 0 Å². The van der Waals surface area contributed by atoms with Crippen LogP contribution < -0.4 is 15.4 Å². The first-order valence-electron chi connectivity index (χ1n) is 7.45. The normalized spacial score (nSPS) is 19.3. The number of amides is 1. The highest BCUT2D eigenvalue weighted by molar-refractivity contribution is 5.81. The van der Waals surface area contributed by atoms with Gasteiger partial charge in [-0.25, -0.2) is 0 Å². The number of carbonyl (C=O) groups is 1. The maximum atomic E-state index is 12.0. The van der Waals surface area contributed by atoms with Gasteiger partial charge in [0, 0.05) is 18.7 Å². The molecule has 0 spiro atoms. The first kappa shape index (κ1) is 14.9. The predicted octanol–water partition coefficient (Wildman–Crippen LogP) is 2.15. The molecule has 4 nitrogen and oxygen atoms in total. The molecule has 110 valence electrons. The van der Waals surface area contributed by atoms with E-state index in [1.54, 1.807) is 0 Å². The zero-order chi connectivity index (χ0) is 14.4. The lowest BCUT2D eigenvalue weighted by Gasteiger charge is -2.19. The van der Waals surface area contributed by atoms with Gasteiger partial charge in [-0.05, 0) is 38.8 Å². The van der Waals surface area contributed by atoms with E-state index < -0.39 is 0 Å². The lowest BCUT2D eigenvalue weighted by atomic mass is 10.1. The molecular weight excluding hydrogens is 252 g/mol. The van der Waals surface area contributed by atoms with Crippen LogP contribution in [0.1, 0.15) is 37.3 Å². The number of nitrogens with one attached hydrogen (secondary N) is 2. The highest BCUT2D eigenvalue weighted by atomic mass is 16.5. The number of rotatable bonds is 5. The maximum absolute atomic E-state index is 12.0. The second-order valence-electron chi connectivity index (χ2n) is 5.28. The summed E-state index contributed by atoms with van der Waals surface area (Å²) in [5, 5.41) is 6.22. The molecule has 1 aromatic rings. The SMILES string of the molecule is CCNCc1cc(C)ccc1OC1CCCCNC1=O. The van der Waals surface area contributed by atoms with E-state index in [-0.39, 0.29) is 12.0 Å². The number of benzene rings is 1. The quantitative estimate of drug-likeness (QED) is 0.866. The average molecular weight is 276 g/mol. The summed E-state index contributed by atoms with van der Waals surface area (Å²) in [6, 6.07) is 6.12. The monoisotopic (exact) mass is 276 g/mol. The molecular formula is C16H24N2O2. The van der Waals surface area contributed by atoms with E-state index in [1.807, 2.05) is 12.1 Å². The Hall–Kier alpha value is -1.55. The summed E-state index contributed by atoms with van der Waals surface area (Å²) in [5.41, 5.74) is 2.32. The van der Waals surface area contributed by atoms with Gasteiger partial charge < -0.3 is 15.4 Å². The van der Waals surface area contributed by atoms with Gasteiger partial charge >= 0.3 is 0 Å². The van der Waals surface area contributed by atoms with Crippen LogP contribution in [0.5, 0.6) is 5.75 Å². The summed E-state index contributed by atoms with van der Waals surface area (Å²) in [7, 11) is 0. The van der Waals surface area contributed by atoms with Gasteiger partial charge in [0.2, 0.25) is 0 Å². The first-order chi connectivity index (χ1) is 9.70. The molecule has 1 fully saturated rings. The number of ether oxygens (including phenoxy) is 1. The van der Waals surface area contributed by atoms with Crippen LogP contribution in [-0.4, -0.2) is 25.1 Å². The van der Waals surface area contributed by atoms with Gasteiger partial charge in [-0.3, -0.25) is 4.79 Å². The molecule has 2 N–H and O–H groups in total. The Kier molecular flexibility index (Phi) is 5.41. The third kappa shape index (κ3) is 3.97. The summed E-state index contributed by atoms with van der Waals surface area (Å²) >= 11 is 0. The molecule has 1 saturated heterocycles. The van der Waals surface area contributed by atoms with Crippen molar-refractivity contribution >= 4 is 5.91 Å². The minimum Gasteiger partial charge on any atom is -0.480 e. The van der Waals surface area contributed by atoms with E-state index in [2.05, 4.69) is 30.5 Å². The molecule has 1 atom stereocenters. The predicted molar refractivity (Wildman–Crippen MR) is 79.8 cm³/mol. The summed E-state index contributed by atoms with van der Waals surface area (Å²) in [5.74, 6) is 0.830. The van der Waals surface area contributed by atoms with Crippen molar-refractivity contribution in [2.45, 2.75) is 45.8 Å². The largest absolute Gasteiger partial charge is 0.480 e. The maximum Gasteiger partial charge on any atom is 0.261 e. The van der Waals surface area contributed by atoms with Gasteiger partial charge in [-0.1, -0.05) is 24.6 Å². The van der Waals surface area contributed by atoms with E-state index in [0.29, 0.717) is 0 Å². The molecule has 1 unspecified atom stereocenters. The van der Waals surface area contributed by atoms with Crippen molar-refractivity contribution in [3.05, 3.63) is 29.3 Å². The summed E-state index contributed by atoms with van der Waals surface area (Å²) in [6.45, 7) is 6.59. The smallest absolute Gasteiger partial charge is 0.261 e. The molecule has 1 aromatic carbocycles. The van der Waals surface area contributed by atoms with Crippen LogP contribution in [0.4, 0.5) is 0 Å². The standard InChI is InChI=1S/C16H24N2O2/c1-3-17-11-13-10-12(2)7-8-14(13)20-15-6-4-5-9-18-16(15)19/h7-8,10,15,17H,3-6,9,11H2,1-2H3,(H,18,19). The lowest BCUT2D eigenvalue weighted by Crippen LogP contribution is -2.36. The van der Waals surface area contributed by atoms with E-state index in [4.69, 9.17) is 4.74 Å². The molecule has 1 aliphatic heterocycles. The highest BCUT2D eigenvalue weighted by Crippen LogP contribution is 2.23. The molecule has 2 rings (SSSR count). The van der Waals surface area contributed by atoms with Crippen LogP contribution in [0.3, 0.4) is 0 Å². The Labute approximate surface area is 120 Å². The van der Waals surface area contributed by atoms with Gasteiger partial charge in [0.1, 0.15) is 5.75 Å². The highest BCUT2D eigenvalue weighted by Gasteiger charge is 2.23. The van der Waals surface area contributed by atoms with E-state index in [9.17, 15) is 4.79 Å². The number of aryl methyl sites for hydroxylation is 1. The second kappa shape index (κ2) is 7.29. The van der Waals surface area contributed by atoms with E-state index >= 15 is 0 Å². The van der Waals surface area contributed by atoms with E-state index in [0.717, 1.165) is 50.2 Å². The van der Waals surface area contributed by atoms with Crippen LogP contribution in [0, 0.1) is 6.92 Å². The van der Waals surface area contributed by atoms with Crippen molar-refractivity contribution in [1.29, 1.82) is 0 Å². The molecule has 0 bridgehead atoms. The van der Waals surface area contributed by atoms with Gasteiger partial charge in [-0.15, -0.1) is 0 Å². The Morgan fingerprint density at radius 3 is 3.05 bits per heavy atom. The summed E-state index contributed by atoms with van der Waals surface area (Å²) < 4.78 is 5.98. The molecule has 0 radical (unpaired) electrons. The van der Waals surface area contributed by atoms with Crippen molar-refractivity contribution in [2.24, 2.45) is 0 Å². The molecule has 1 heterocycles. The van der Waals surface area contributed by atoms with Gasteiger partial charge in [0.05, 0.1) is 0 Å². The molecule has 20 heavy (non-hydrogen) atoms. The Bertz CT molecular complexity index is 460. The van der Waals surface area contributed by atoms with Crippen molar-refractivity contribution < 1.29 is 9.53 Å². The third-order valence-electron chi connectivity index (χ3n) is 3.54. The number of hydrogen-bond donors (Lipinski definition) is 2. The van der Waals surface area contributed by atoms with E-state index in [1.165, 1.54) is 5.56 Å². The molecule has 1 amide bonds. The van der Waals surface area contributed by atoms with Crippen LogP contribution in [0.25, 0.3) is 0 Å². The van der Waals surface area contributed by atoms with Crippen molar-refractivity contribution in [3.8, 4) is 5.75 Å². The number of hydrogen-bond acceptors (Lipinski definition) is 3. The zero-order valence-corrected chi connectivity index (χ0v) is 12.4. The molecule has 0 aliphatic carbocycles. The Balaban J connectivity index is 2.12. The van der Waals surface area contributed by atoms with Crippen molar-refractivity contribution in [3.63, 3.8) is 0 Å². The van der Waals surface area contributed by atoms with Gasteiger partial charge in [0.25, 0.3) is 5.91 Å². The van der Waals surface area contributed by atoms with Crippen LogP contribution in [-0.2, 0) is 11.3 Å². The lowest BCUT2D eigenvalue weighted by molar-refractivity contribution is -0.127. The second-order valence-corrected chi connectivity index (χ2v) is 5.28. The first-order valence-corrected chi connectivity index (χ1v) is 7.45. The average Bonchev–Trinajstić information content (AvgIpc) is 2.64. The zero-order valence-electron chi connectivity index (χ0n) is 12.4. The van der Waals surface area contributed by atoms with Crippen LogP contribution in [0.2, 0.25) is 0 Å². The van der Waals surface area contributed by atoms with Gasteiger partial charge in [-0.2, -0.15) is 0 Å². The molecule has 1 aliphatic rings. The Morgan fingerprint density at radius 2 is 2.25 bits per heavy atom. The van der Waals surface area contributed by atoms with Gasteiger partial charge in [0.15, 0.2) is 6.10 Å². The molecule has 0 aromatic heterocycles. The minimum atomic E-state index is -0.361. The van der Waals surface area contributed by atoms with Crippen LogP contribution in [0.15, 0.2) is 18.2 Å². The fourth-order valence-electron chi connectivity index (χ4n) is 2.40. The summed E-state index contributed by atoms with van der Waals surface area (Å²) in [6.07, 6.45) is 2.49. The molecule has 4 heteroatoms. The summed E-state index contributed by atoms with van der Waals surface area (Å²) in [4.78, 5) is 12.0. The minimum absolute atomic E-state index is 0.0116. The Morgan fingerprint density at radius 1 is 1.40 bits per heavy atom. The molecule has 0 saturated carbocycles. The van der Waals surface area contributed by atoms with Crippen molar-refractivity contribution in [1.82, 2.24) is 10.6 Å². The third-order valence-corrected chi connectivity index (χ3v) is 3.54. The topological polar surface area (TPSA) is 50.4 Å². The fraction of sp³-hybridized carbons (Fsp3) is 0.562. The fourth-order valence-corrected chi connectivity index (χ4v) is 2.40. The van der Waals surface area contributed by atoms with Crippen molar-refractivity contribution in [2.75, 3.05) is 13.1 Å². The number of carbonyl (C=O) groups excluding carboxylic acids is 1.